The van der Waals surface area contributed by atoms with Crippen molar-refractivity contribution in [1.82, 2.24) is 15.1 Å². The van der Waals surface area contributed by atoms with Gasteiger partial charge in [-0.2, -0.15) is 0 Å². The predicted molar refractivity (Wildman–Crippen MR) is 155 cm³/mol. The Morgan fingerprint density at radius 2 is 1.54 bits per heavy atom. The Labute approximate surface area is 233 Å². The summed E-state index contributed by atoms with van der Waals surface area (Å²) < 4.78 is 0. The van der Waals surface area contributed by atoms with Crippen LogP contribution in [0.4, 0.5) is 5.69 Å². The van der Waals surface area contributed by atoms with Crippen LogP contribution in [0, 0.1) is 11.3 Å². The summed E-state index contributed by atoms with van der Waals surface area (Å²) in [5.74, 6) is 0.284. The predicted octanol–water partition coefficient (Wildman–Crippen LogP) is 4.99. The van der Waals surface area contributed by atoms with Gasteiger partial charge in [0, 0.05) is 25.2 Å². The van der Waals surface area contributed by atoms with Crippen molar-refractivity contribution < 1.29 is 14.4 Å². The average Bonchev–Trinajstić information content (AvgIpc) is 3.15. The average molecular weight is 533 g/mol. The zero-order chi connectivity index (χ0) is 28.2. The van der Waals surface area contributed by atoms with E-state index in [0.29, 0.717) is 44.9 Å². The fourth-order valence-electron chi connectivity index (χ4n) is 6.28. The van der Waals surface area contributed by atoms with E-state index in [1.165, 1.54) is 0 Å². The van der Waals surface area contributed by atoms with Crippen molar-refractivity contribution in [2.75, 3.05) is 31.2 Å². The Balaban J connectivity index is 1.44. The van der Waals surface area contributed by atoms with Gasteiger partial charge in [-0.1, -0.05) is 76.2 Å². The Morgan fingerprint density at radius 3 is 2.13 bits per heavy atom. The number of nitrogens with one attached hydrogen (secondary N) is 1. The van der Waals surface area contributed by atoms with Gasteiger partial charge in [0.2, 0.25) is 11.8 Å². The maximum atomic E-state index is 14.0. The molecule has 7 heteroatoms. The molecule has 1 spiro atoms. The van der Waals surface area contributed by atoms with Crippen LogP contribution in [0.2, 0.25) is 0 Å². The van der Waals surface area contributed by atoms with Gasteiger partial charge in [0.1, 0.15) is 12.1 Å². The largest absolute Gasteiger partial charge is 0.348 e. The molecule has 0 saturated carbocycles. The number of benzene rings is 2. The number of rotatable bonds is 8. The summed E-state index contributed by atoms with van der Waals surface area (Å²) in [6.45, 7) is 12.2. The van der Waals surface area contributed by atoms with Crippen LogP contribution in [0.3, 0.4) is 0 Å². The first-order valence-electron chi connectivity index (χ1n) is 14.2. The highest BCUT2D eigenvalue weighted by molar-refractivity contribution is 5.96. The first kappa shape index (κ1) is 28.7. The first-order valence-corrected chi connectivity index (χ1v) is 14.2. The lowest BCUT2D eigenvalue weighted by Gasteiger charge is -2.43. The Hall–Kier alpha value is -3.35. The third-order valence-corrected chi connectivity index (χ3v) is 8.02. The quantitative estimate of drug-likeness (QED) is 0.520. The molecule has 0 bridgehead atoms. The molecular weight excluding hydrogens is 488 g/mol. The Bertz CT molecular complexity index is 1140. The number of hydrogen-bond acceptors (Lipinski definition) is 4. The van der Waals surface area contributed by atoms with Crippen LogP contribution in [0.1, 0.15) is 71.9 Å². The van der Waals surface area contributed by atoms with Crippen molar-refractivity contribution in [2.24, 2.45) is 11.3 Å². The lowest BCUT2D eigenvalue weighted by molar-refractivity contribution is -0.140. The summed E-state index contributed by atoms with van der Waals surface area (Å²) in [6, 6.07) is 19.6. The van der Waals surface area contributed by atoms with Gasteiger partial charge in [-0.3, -0.25) is 14.4 Å². The van der Waals surface area contributed by atoms with E-state index in [1.807, 2.05) is 72.5 Å². The minimum absolute atomic E-state index is 0.00799. The van der Waals surface area contributed by atoms with Gasteiger partial charge in [0.15, 0.2) is 0 Å². The molecule has 2 aromatic rings. The van der Waals surface area contributed by atoms with Gasteiger partial charge in [0.05, 0.1) is 12.7 Å². The molecule has 0 radical (unpaired) electrons. The van der Waals surface area contributed by atoms with Crippen molar-refractivity contribution >= 4 is 23.4 Å². The molecule has 2 heterocycles. The third-order valence-electron chi connectivity index (χ3n) is 8.02. The van der Waals surface area contributed by atoms with E-state index in [-0.39, 0.29) is 35.7 Å². The molecule has 210 valence electrons. The SMILES string of the molecule is C[C@H](CC(=O)N1CCC2(CC1)C(=O)N(CC(=O)N[C@@H](C)c1ccccc1)CN2c1ccccc1)CC(C)(C)C. The van der Waals surface area contributed by atoms with Gasteiger partial charge < -0.3 is 20.0 Å². The highest BCUT2D eigenvalue weighted by Gasteiger charge is 2.54. The van der Waals surface area contributed by atoms with E-state index in [9.17, 15) is 14.4 Å². The maximum Gasteiger partial charge on any atom is 0.250 e. The van der Waals surface area contributed by atoms with E-state index in [1.54, 1.807) is 4.90 Å². The molecule has 7 nitrogen and oxygen atoms in total. The molecule has 3 amide bonds. The number of likely N-dealkylation sites (tertiary alicyclic amines) is 1. The molecule has 2 aromatic carbocycles. The zero-order valence-electron chi connectivity index (χ0n) is 24.2. The van der Waals surface area contributed by atoms with E-state index < -0.39 is 5.54 Å². The highest BCUT2D eigenvalue weighted by Crippen LogP contribution is 2.39. The number of para-hydroxylation sites is 1. The molecule has 2 aliphatic heterocycles. The monoisotopic (exact) mass is 532 g/mol. The summed E-state index contributed by atoms with van der Waals surface area (Å²) in [5, 5.41) is 3.04. The number of nitrogens with zero attached hydrogens (tertiary/aromatic N) is 3. The molecule has 0 aliphatic carbocycles. The molecule has 0 aromatic heterocycles. The lowest BCUT2D eigenvalue weighted by Crippen LogP contribution is -2.57. The standard InChI is InChI=1S/C32H44N4O3/c1-24(21-31(3,4)5)20-29(38)34-18-16-32(17-19-34)30(39)35(23-36(32)27-14-10-7-11-15-27)22-28(37)33-25(2)26-12-8-6-9-13-26/h6-15,24-25H,16-23H2,1-5H3,(H,33,37)/t24-,25+/m1/s1. The summed E-state index contributed by atoms with van der Waals surface area (Å²) in [4.78, 5) is 45.8. The maximum absolute atomic E-state index is 14.0. The number of amides is 3. The van der Waals surface area contributed by atoms with Crippen LogP contribution >= 0.6 is 0 Å². The first-order chi connectivity index (χ1) is 18.5. The second kappa shape index (κ2) is 11.8. The minimum atomic E-state index is -0.750. The molecule has 0 unspecified atom stereocenters. The fourth-order valence-corrected chi connectivity index (χ4v) is 6.28. The molecular formula is C32H44N4O3. The topological polar surface area (TPSA) is 73.0 Å². The van der Waals surface area contributed by atoms with Crippen LogP contribution in [0.15, 0.2) is 60.7 Å². The number of carbonyl (C=O) groups excluding carboxylic acids is 3. The molecule has 4 rings (SSSR count). The smallest absolute Gasteiger partial charge is 0.250 e. The summed E-state index contributed by atoms with van der Waals surface area (Å²) in [6.07, 6.45) is 2.64. The van der Waals surface area contributed by atoms with Crippen LogP contribution < -0.4 is 10.2 Å². The van der Waals surface area contributed by atoms with E-state index in [0.717, 1.165) is 17.7 Å². The normalized spacial score (nSPS) is 18.8. The second-order valence-electron chi connectivity index (χ2n) is 12.6. The molecule has 39 heavy (non-hydrogen) atoms. The minimum Gasteiger partial charge on any atom is -0.348 e. The Kier molecular flexibility index (Phi) is 8.67. The van der Waals surface area contributed by atoms with E-state index in [4.69, 9.17) is 0 Å². The fraction of sp³-hybridized carbons (Fsp3) is 0.531. The van der Waals surface area contributed by atoms with Crippen LogP contribution in [-0.2, 0) is 14.4 Å². The van der Waals surface area contributed by atoms with Crippen LogP contribution in [0.5, 0.6) is 0 Å². The summed E-state index contributed by atoms with van der Waals surface area (Å²) >= 11 is 0. The summed E-state index contributed by atoms with van der Waals surface area (Å²) in [7, 11) is 0. The van der Waals surface area contributed by atoms with Crippen molar-refractivity contribution in [3.05, 3.63) is 66.2 Å². The van der Waals surface area contributed by atoms with Crippen LogP contribution in [0.25, 0.3) is 0 Å². The number of piperidine rings is 1. The third kappa shape index (κ3) is 6.81. The zero-order valence-corrected chi connectivity index (χ0v) is 24.2. The number of anilines is 1. The van der Waals surface area contributed by atoms with E-state index >= 15 is 0 Å². The van der Waals surface area contributed by atoms with Crippen molar-refractivity contribution in [1.29, 1.82) is 0 Å². The van der Waals surface area contributed by atoms with Gasteiger partial charge in [-0.25, -0.2) is 0 Å². The lowest BCUT2D eigenvalue weighted by atomic mass is 9.83. The van der Waals surface area contributed by atoms with Crippen molar-refractivity contribution in [2.45, 2.75) is 71.9 Å². The van der Waals surface area contributed by atoms with Gasteiger partial charge in [0.25, 0.3) is 5.91 Å². The highest BCUT2D eigenvalue weighted by atomic mass is 16.2. The van der Waals surface area contributed by atoms with Crippen molar-refractivity contribution in [3.8, 4) is 0 Å². The number of hydrogen-bond donors (Lipinski definition) is 1. The molecule has 2 fully saturated rings. The second-order valence-corrected chi connectivity index (χ2v) is 12.6. The van der Waals surface area contributed by atoms with Gasteiger partial charge >= 0.3 is 0 Å². The van der Waals surface area contributed by atoms with Crippen LogP contribution in [-0.4, -0.2) is 59.4 Å². The molecule has 1 N–H and O–H groups in total. The summed E-state index contributed by atoms with van der Waals surface area (Å²) in [5.41, 5.74) is 1.42. The number of carbonyl (C=O) groups is 3. The van der Waals surface area contributed by atoms with Crippen molar-refractivity contribution in [3.63, 3.8) is 0 Å². The van der Waals surface area contributed by atoms with E-state index in [2.05, 4.69) is 37.9 Å². The molecule has 2 atom stereocenters. The molecule has 2 aliphatic rings. The Morgan fingerprint density at radius 1 is 0.949 bits per heavy atom. The van der Waals surface area contributed by atoms with Gasteiger partial charge in [-0.05, 0) is 55.2 Å². The molecule has 2 saturated heterocycles. The van der Waals surface area contributed by atoms with Gasteiger partial charge in [-0.15, -0.1) is 0 Å².